The van der Waals surface area contributed by atoms with Gasteiger partial charge in [-0.25, -0.2) is 12.8 Å². The number of halogens is 2. The molecule has 116 valence electrons. The molecular formula is C16H14ClFO3S. The summed E-state index contributed by atoms with van der Waals surface area (Å²) in [6.45, 7) is 1.87. The highest BCUT2D eigenvalue weighted by atomic mass is 35.5. The highest BCUT2D eigenvalue weighted by Gasteiger charge is 2.46. The van der Waals surface area contributed by atoms with E-state index >= 15 is 0 Å². The Balaban J connectivity index is 2.19. The minimum atomic E-state index is -3.71. The summed E-state index contributed by atoms with van der Waals surface area (Å²) < 4.78 is 44.0. The van der Waals surface area contributed by atoms with E-state index in [-0.39, 0.29) is 17.9 Å². The monoisotopic (exact) mass is 340 g/mol. The van der Waals surface area contributed by atoms with Crippen molar-refractivity contribution in [1.29, 1.82) is 0 Å². The van der Waals surface area contributed by atoms with Crippen LogP contribution in [0.4, 0.5) is 4.39 Å². The van der Waals surface area contributed by atoms with Crippen molar-refractivity contribution in [3.05, 3.63) is 58.9 Å². The van der Waals surface area contributed by atoms with Crippen molar-refractivity contribution in [2.75, 3.05) is 6.61 Å². The van der Waals surface area contributed by atoms with Gasteiger partial charge in [-0.1, -0.05) is 11.6 Å². The summed E-state index contributed by atoms with van der Waals surface area (Å²) in [4.78, 5) is 0.163. The molecule has 22 heavy (non-hydrogen) atoms. The Bertz CT molecular complexity index is 818. The van der Waals surface area contributed by atoms with E-state index in [1.54, 1.807) is 6.92 Å². The summed E-state index contributed by atoms with van der Waals surface area (Å²) in [6, 6.07) is 9.98. The largest absolute Gasteiger partial charge is 0.493 e. The van der Waals surface area contributed by atoms with Gasteiger partial charge in [0.1, 0.15) is 16.3 Å². The standard InChI is InChI=1S/C16H14ClFO3S/c1-16(22(19,20)13-5-2-11(17)3-6-13)8-9-21-15-7-4-12(18)10-14(15)16/h2-7,10H,8-9H2,1H3. The molecule has 0 amide bonds. The molecule has 1 heterocycles. The lowest BCUT2D eigenvalue weighted by Crippen LogP contribution is -2.38. The molecule has 2 aromatic carbocycles. The second-order valence-electron chi connectivity index (χ2n) is 5.43. The molecule has 3 rings (SSSR count). The molecule has 1 unspecified atom stereocenters. The van der Waals surface area contributed by atoms with Crippen LogP contribution in [0.1, 0.15) is 18.9 Å². The first-order valence-corrected chi connectivity index (χ1v) is 8.64. The molecule has 0 bridgehead atoms. The second kappa shape index (κ2) is 5.25. The summed E-state index contributed by atoms with van der Waals surface area (Å²) in [5.41, 5.74) is 0.355. The number of rotatable bonds is 2. The van der Waals surface area contributed by atoms with E-state index in [0.29, 0.717) is 16.3 Å². The van der Waals surface area contributed by atoms with Gasteiger partial charge in [-0.15, -0.1) is 0 Å². The smallest absolute Gasteiger partial charge is 0.188 e. The third-order valence-electron chi connectivity index (χ3n) is 4.07. The molecule has 2 aromatic rings. The molecule has 1 aliphatic rings. The Hall–Kier alpha value is -1.59. The van der Waals surface area contributed by atoms with Crippen LogP contribution in [0.2, 0.25) is 5.02 Å². The van der Waals surface area contributed by atoms with E-state index in [4.69, 9.17) is 16.3 Å². The van der Waals surface area contributed by atoms with Crippen molar-refractivity contribution in [2.24, 2.45) is 0 Å². The van der Waals surface area contributed by atoms with Crippen LogP contribution in [0, 0.1) is 5.82 Å². The van der Waals surface area contributed by atoms with Gasteiger partial charge < -0.3 is 4.74 Å². The lowest BCUT2D eigenvalue weighted by Gasteiger charge is -2.35. The summed E-state index contributed by atoms with van der Waals surface area (Å²) in [5, 5.41) is 0.461. The molecule has 0 aromatic heterocycles. The number of sulfone groups is 1. The van der Waals surface area contributed by atoms with E-state index in [2.05, 4.69) is 0 Å². The fourth-order valence-corrected chi connectivity index (χ4v) is 4.63. The first kappa shape index (κ1) is 15.3. The maximum Gasteiger partial charge on any atom is 0.188 e. The molecule has 0 N–H and O–H groups in total. The van der Waals surface area contributed by atoms with E-state index in [9.17, 15) is 12.8 Å². The molecular weight excluding hydrogens is 327 g/mol. The maximum absolute atomic E-state index is 13.6. The predicted molar refractivity (Wildman–Crippen MR) is 82.5 cm³/mol. The van der Waals surface area contributed by atoms with E-state index in [1.165, 1.54) is 42.5 Å². The number of benzene rings is 2. The quantitative estimate of drug-likeness (QED) is 0.831. The molecule has 0 saturated carbocycles. The van der Waals surface area contributed by atoms with Crippen LogP contribution >= 0.6 is 11.6 Å². The summed E-state index contributed by atoms with van der Waals surface area (Å²) in [5.74, 6) is -0.0746. The van der Waals surface area contributed by atoms with Crippen LogP contribution in [-0.2, 0) is 14.6 Å². The van der Waals surface area contributed by atoms with Crippen molar-refractivity contribution in [1.82, 2.24) is 0 Å². The summed E-state index contributed by atoms with van der Waals surface area (Å²) >= 11 is 5.82. The molecule has 1 atom stereocenters. The molecule has 3 nitrogen and oxygen atoms in total. The highest BCUT2D eigenvalue weighted by molar-refractivity contribution is 7.92. The number of hydrogen-bond acceptors (Lipinski definition) is 3. The zero-order valence-electron chi connectivity index (χ0n) is 11.8. The summed E-state index contributed by atoms with van der Waals surface area (Å²) in [6.07, 6.45) is 0.258. The molecule has 6 heteroatoms. The van der Waals surface area contributed by atoms with Crippen molar-refractivity contribution in [3.8, 4) is 5.75 Å². The first-order chi connectivity index (χ1) is 10.3. The predicted octanol–water partition coefficient (Wildman–Crippen LogP) is 3.95. The third kappa shape index (κ3) is 2.29. The van der Waals surface area contributed by atoms with Crippen LogP contribution < -0.4 is 4.74 Å². The summed E-state index contributed by atoms with van der Waals surface area (Å²) in [7, 11) is -3.71. The Morgan fingerprint density at radius 1 is 1.18 bits per heavy atom. The van der Waals surface area contributed by atoms with Gasteiger partial charge in [0.25, 0.3) is 0 Å². The fourth-order valence-electron chi connectivity index (χ4n) is 2.68. The van der Waals surface area contributed by atoms with Crippen LogP contribution in [0.5, 0.6) is 5.75 Å². The third-order valence-corrected chi connectivity index (χ3v) is 6.82. The van der Waals surface area contributed by atoms with Crippen molar-refractivity contribution in [3.63, 3.8) is 0 Å². The fraction of sp³-hybridized carbons (Fsp3) is 0.250. The Morgan fingerprint density at radius 2 is 1.86 bits per heavy atom. The Morgan fingerprint density at radius 3 is 2.55 bits per heavy atom. The van der Waals surface area contributed by atoms with Crippen molar-refractivity contribution >= 4 is 21.4 Å². The van der Waals surface area contributed by atoms with E-state index in [0.717, 1.165) is 0 Å². The van der Waals surface area contributed by atoms with Crippen LogP contribution in [0.25, 0.3) is 0 Å². The molecule has 0 saturated heterocycles. The van der Waals surface area contributed by atoms with E-state index in [1.807, 2.05) is 0 Å². The van der Waals surface area contributed by atoms with Crippen molar-refractivity contribution < 1.29 is 17.5 Å². The van der Waals surface area contributed by atoms with Gasteiger partial charge >= 0.3 is 0 Å². The lowest BCUT2D eigenvalue weighted by molar-refractivity contribution is 0.256. The van der Waals surface area contributed by atoms with Gasteiger partial charge in [0.05, 0.1) is 11.5 Å². The van der Waals surface area contributed by atoms with Gasteiger partial charge in [0, 0.05) is 17.0 Å². The molecule has 1 aliphatic heterocycles. The number of ether oxygens (including phenoxy) is 1. The molecule has 0 spiro atoms. The molecule has 0 aliphatic carbocycles. The average molecular weight is 341 g/mol. The van der Waals surface area contributed by atoms with Crippen LogP contribution in [0.15, 0.2) is 47.4 Å². The molecule has 0 fully saturated rings. The number of fused-ring (bicyclic) bond motifs is 1. The highest BCUT2D eigenvalue weighted by Crippen LogP contribution is 2.45. The zero-order valence-corrected chi connectivity index (χ0v) is 13.4. The van der Waals surface area contributed by atoms with E-state index < -0.39 is 20.4 Å². The van der Waals surface area contributed by atoms with Crippen LogP contribution in [-0.4, -0.2) is 15.0 Å². The SMILES string of the molecule is CC1(S(=O)(=O)c2ccc(Cl)cc2)CCOc2ccc(F)cc21. The topological polar surface area (TPSA) is 43.4 Å². The Labute approximate surface area is 133 Å². The van der Waals surface area contributed by atoms with Gasteiger partial charge in [0.15, 0.2) is 9.84 Å². The number of hydrogen-bond donors (Lipinski definition) is 0. The Kier molecular flexibility index (Phi) is 3.65. The van der Waals surface area contributed by atoms with Crippen LogP contribution in [0.3, 0.4) is 0 Å². The molecule has 0 radical (unpaired) electrons. The van der Waals surface area contributed by atoms with Crippen molar-refractivity contribution in [2.45, 2.75) is 23.0 Å². The second-order valence-corrected chi connectivity index (χ2v) is 8.24. The zero-order chi connectivity index (χ0) is 16.0. The minimum absolute atomic E-state index is 0.163. The van der Waals surface area contributed by atoms with Gasteiger partial charge in [0.2, 0.25) is 0 Å². The average Bonchev–Trinajstić information content (AvgIpc) is 2.48. The first-order valence-electron chi connectivity index (χ1n) is 6.78. The minimum Gasteiger partial charge on any atom is -0.493 e. The van der Waals surface area contributed by atoms with Gasteiger partial charge in [-0.05, 0) is 49.4 Å². The lowest BCUT2D eigenvalue weighted by atomic mass is 9.94. The van der Waals surface area contributed by atoms with Gasteiger partial charge in [-0.3, -0.25) is 0 Å². The normalized spacial score (nSPS) is 21.0. The van der Waals surface area contributed by atoms with Gasteiger partial charge in [-0.2, -0.15) is 0 Å². The maximum atomic E-state index is 13.6.